The molecule has 1 fully saturated rings. The van der Waals surface area contributed by atoms with E-state index >= 15 is 0 Å². The fraction of sp³-hybridized carbons (Fsp3) is 0.214. The number of hydrogen-bond donors (Lipinski definition) is 3. The Bertz CT molecular complexity index is 1440. The number of amides is 3. The normalized spacial score (nSPS) is 16.4. The molecule has 39 heavy (non-hydrogen) atoms. The summed E-state index contributed by atoms with van der Waals surface area (Å²) in [5, 5.41) is 14.1. The number of carbonyl (C=O) groups is 3. The van der Waals surface area contributed by atoms with E-state index in [1.165, 1.54) is 23.2 Å². The van der Waals surface area contributed by atoms with E-state index < -0.39 is 18.4 Å². The lowest BCUT2D eigenvalue weighted by Gasteiger charge is -2.34. The van der Waals surface area contributed by atoms with Gasteiger partial charge in [-0.15, -0.1) is 0 Å². The molecule has 0 spiro atoms. The molecule has 1 aromatic heterocycles. The van der Waals surface area contributed by atoms with E-state index in [1.807, 2.05) is 18.2 Å². The Kier molecular flexibility index (Phi) is 7.47. The smallest absolute Gasteiger partial charge is 0.410 e. The van der Waals surface area contributed by atoms with Gasteiger partial charge < -0.3 is 20.1 Å². The van der Waals surface area contributed by atoms with Gasteiger partial charge in [-0.3, -0.25) is 14.9 Å². The standard InChI is InChI=1S/C28H24ClFN4O5/c29-23-8-7-21(17-2-4-18(5-3-17)27(36)34-14-19(30)15-34)22-11-20(39-26(22)23)6-10-25(35)32-13-16-1-9-24(31-12-16)33-28(37)38/h1-10,12,19-20H,11,13-15H2,(H,31,33)(H,32,35)(H,37,38). The third-order valence-corrected chi connectivity index (χ3v) is 6.74. The van der Waals surface area contributed by atoms with E-state index in [9.17, 15) is 18.8 Å². The maximum Gasteiger partial charge on any atom is 0.410 e. The lowest BCUT2D eigenvalue weighted by molar-refractivity contribution is -0.116. The van der Waals surface area contributed by atoms with Crippen LogP contribution < -0.4 is 15.4 Å². The quantitative estimate of drug-likeness (QED) is 0.373. The third kappa shape index (κ3) is 6.01. The van der Waals surface area contributed by atoms with Gasteiger partial charge in [0, 0.05) is 36.4 Å². The van der Waals surface area contributed by atoms with Crippen molar-refractivity contribution in [2.75, 3.05) is 18.4 Å². The minimum Gasteiger partial charge on any atom is -0.484 e. The highest BCUT2D eigenvalue weighted by atomic mass is 35.5. The molecule has 2 aliphatic heterocycles. The zero-order valence-corrected chi connectivity index (χ0v) is 21.3. The number of nitrogens with zero attached hydrogens (tertiary/aromatic N) is 2. The Labute approximate surface area is 228 Å². The monoisotopic (exact) mass is 550 g/mol. The second-order valence-corrected chi connectivity index (χ2v) is 9.61. The molecule has 1 atom stereocenters. The highest BCUT2D eigenvalue weighted by Crippen LogP contribution is 2.42. The first-order chi connectivity index (χ1) is 18.8. The summed E-state index contributed by atoms with van der Waals surface area (Å²) in [7, 11) is 0. The van der Waals surface area contributed by atoms with E-state index in [1.54, 1.807) is 30.3 Å². The minimum absolute atomic E-state index is 0.131. The van der Waals surface area contributed by atoms with Gasteiger partial charge in [0.15, 0.2) is 0 Å². The number of halogens is 2. The summed E-state index contributed by atoms with van der Waals surface area (Å²) in [5.41, 5.74) is 3.91. The number of rotatable bonds is 7. The van der Waals surface area contributed by atoms with Gasteiger partial charge in [0.25, 0.3) is 5.91 Å². The number of fused-ring (bicyclic) bond motifs is 1. The fourth-order valence-corrected chi connectivity index (χ4v) is 4.64. The molecule has 3 N–H and O–H groups in total. The van der Waals surface area contributed by atoms with Crippen LogP contribution in [0.25, 0.3) is 11.1 Å². The summed E-state index contributed by atoms with van der Waals surface area (Å²) in [6.07, 6.45) is 2.50. The van der Waals surface area contributed by atoms with E-state index in [-0.39, 0.29) is 37.3 Å². The van der Waals surface area contributed by atoms with Crippen molar-refractivity contribution < 1.29 is 28.6 Å². The van der Waals surface area contributed by atoms with Gasteiger partial charge in [-0.05, 0) is 47.0 Å². The predicted octanol–water partition coefficient (Wildman–Crippen LogP) is 4.46. The molecule has 0 aliphatic carbocycles. The molecule has 0 saturated carbocycles. The Hall–Kier alpha value is -4.44. The number of pyridine rings is 1. The molecule has 2 aliphatic rings. The number of alkyl halides is 1. The van der Waals surface area contributed by atoms with Gasteiger partial charge in [-0.1, -0.05) is 35.9 Å². The van der Waals surface area contributed by atoms with Crippen molar-refractivity contribution >= 4 is 35.3 Å². The summed E-state index contributed by atoms with van der Waals surface area (Å²) < 4.78 is 19.1. The maximum absolute atomic E-state index is 13.1. The first-order valence-electron chi connectivity index (χ1n) is 12.2. The molecule has 11 heteroatoms. The van der Waals surface area contributed by atoms with Crippen molar-refractivity contribution in [1.29, 1.82) is 0 Å². The number of carboxylic acid groups (broad SMARTS) is 1. The summed E-state index contributed by atoms with van der Waals surface area (Å²) in [6, 6.07) is 14.0. The Morgan fingerprint density at radius 1 is 1.13 bits per heavy atom. The number of anilines is 1. The zero-order valence-electron chi connectivity index (χ0n) is 20.6. The highest BCUT2D eigenvalue weighted by molar-refractivity contribution is 6.32. The highest BCUT2D eigenvalue weighted by Gasteiger charge is 2.31. The van der Waals surface area contributed by atoms with Gasteiger partial charge in [-0.25, -0.2) is 14.2 Å². The van der Waals surface area contributed by atoms with Gasteiger partial charge in [0.2, 0.25) is 5.91 Å². The molecule has 2 aromatic carbocycles. The third-order valence-electron chi connectivity index (χ3n) is 6.44. The van der Waals surface area contributed by atoms with Crippen molar-refractivity contribution in [2.24, 2.45) is 0 Å². The van der Waals surface area contributed by atoms with Gasteiger partial charge >= 0.3 is 6.09 Å². The molecule has 200 valence electrons. The number of likely N-dealkylation sites (tertiary alicyclic amines) is 1. The first kappa shape index (κ1) is 26.2. The largest absolute Gasteiger partial charge is 0.484 e. The number of aromatic nitrogens is 1. The van der Waals surface area contributed by atoms with Crippen LogP contribution in [0.5, 0.6) is 5.75 Å². The van der Waals surface area contributed by atoms with Crippen LogP contribution in [0.4, 0.5) is 15.0 Å². The van der Waals surface area contributed by atoms with Gasteiger partial charge in [0.05, 0.1) is 18.1 Å². The topological polar surface area (TPSA) is 121 Å². The molecule has 3 aromatic rings. The first-order valence-corrected chi connectivity index (χ1v) is 12.6. The van der Waals surface area contributed by atoms with Crippen molar-refractivity contribution in [3.63, 3.8) is 0 Å². The van der Waals surface area contributed by atoms with Crippen LogP contribution >= 0.6 is 11.6 Å². The Morgan fingerprint density at radius 3 is 2.56 bits per heavy atom. The lowest BCUT2D eigenvalue weighted by atomic mass is 9.95. The van der Waals surface area contributed by atoms with Crippen molar-refractivity contribution in [3.05, 3.63) is 88.6 Å². The van der Waals surface area contributed by atoms with Crippen LogP contribution in [-0.2, 0) is 17.8 Å². The van der Waals surface area contributed by atoms with Crippen LogP contribution in [-0.4, -0.2) is 58.3 Å². The number of ether oxygens (including phenoxy) is 1. The van der Waals surface area contributed by atoms with E-state index in [4.69, 9.17) is 21.4 Å². The number of nitrogens with one attached hydrogen (secondary N) is 2. The molecule has 1 saturated heterocycles. The van der Waals surface area contributed by atoms with Crippen LogP contribution in [0.15, 0.2) is 66.9 Å². The van der Waals surface area contributed by atoms with E-state index in [0.29, 0.717) is 28.3 Å². The Balaban J connectivity index is 1.20. The summed E-state index contributed by atoms with van der Waals surface area (Å²) in [4.78, 5) is 40.9. The molecule has 3 amide bonds. The van der Waals surface area contributed by atoms with Gasteiger partial charge in [-0.2, -0.15) is 0 Å². The van der Waals surface area contributed by atoms with Crippen LogP contribution in [0.3, 0.4) is 0 Å². The molecule has 0 bridgehead atoms. The number of carbonyl (C=O) groups excluding carboxylic acids is 2. The van der Waals surface area contributed by atoms with Crippen LogP contribution in [0.1, 0.15) is 21.5 Å². The molecule has 3 heterocycles. The van der Waals surface area contributed by atoms with Crippen molar-refractivity contribution in [1.82, 2.24) is 15.2 Å². The van der Waals surface area contributed by atoms with Crippen LogP contribution in [0.2, 0.25) is 5.02 Å². The van der Waals surface area contributed by atoms with E-state index in [0.717, 1.165) is 16.7 Å². The fourth-order valence-electron chi connectivity index (χ4n) is 4.42. The average Bonchev–Trinajstić information content (AvgIpc) is 3.35. The SMILES string of the molecule is O=C(O)Nc1ccc(CNC(=O)C=CC2Cc3c(-c4ccc(C(=O)N5CC(F)C5)cc4)ccc(Cl)c3O2)cn1. The van der Waals surface area contributed by atoms with Crippen molar-refractivity contribution in [2.45, 2.75) is 25.2 Å². The molecule has 5 rings (SSSR count). The number of benzene rings is 2. The van der Waals surface area contributed by atoms with Crippen molar-refractivity contribution in [3.8, 4) is 16.9 Å². The van der Waals surface area contributed by atoms with Crippen LogP contribution in [0, 0.1) is 0 Å². The lowest BCUT2D eigenvalue weighted by Crippen LogP contribution is -2.51. The predicted molar refractivity (Wildman–Crippen MR) is 143 cm³/mol. The molecular weight excluding hydrogens is 527 g/mol. The van der Waals surface area contributed by atoms with E-state index in [2.05, 4.69) is 15.6 Å². The zero-order chi connectivity index (χ0) is 27.5. The summed E-state index contributed by atoms with van der Waals surface area (Å²) >= 11 is 6.40. The summed E-state index contributed by atoms with van der Waals surface area (Å²) in [5.74, 6) is 0.239. The minimum atomic E-state index is -1.20. The second-order valence-electron chi connectivity index (χ2n) is 9.21. The molecule has 0 radical (unpaired) electrons. The second kappa shape index (κ2) is 11.1. The van der Waals surface area contributed by atoms with Gasteiger partial charge in [0.1, 0.15) is 23.8 Å². The average molecular weight is 551 g/mol. The molecule has 1 unspecified atom stereocenters. The molecule has 9 nitrogen and oxygen atoms in total. The maximum atomic E-state index is 13.1. The molecular formula is C28H24ClFN4O5. The number of hydrogen-bond acceptors (Lipinski definition) is 5. The summed E-state index contributed by atoms with van der Waals surface area (Å²) in [6.45, 7) is 0.480. The Morgan fingerprint density at radius 2 is 1.90 bits per heavy atom.